The molecule has 0 amide bonds. The van der Waals surface area contributed by atoms with Gasteiger partial charge in [0, 0.05) is 19.0 Å². The molecule has 2 rings (SSSR count). The van der Waals surface area contributed by atoms with E-state index >= 15 is 0 Å². The normalized spacial score (nSPS) is 16.1. The highest BCUT2D eigenvalue weighted by Gasteiger charge is 2.17. The number of hydrogen-bond acceptors (Lipinski definition) is 4. The van der Waals surface area contributed by atoms with Crippen molar-refractivity contribution in [3.63, 3.8) is 0 Å². The topological polar surface area (TPSA) is 47.0 Å². The van der Waals surface area contributed by atoms with E-state index in [1.165, 1.54) is 12.8 Å². The molecule has 0 unspecified atom stereocenters. The van der Waals surface area contributed by atoms with Crippen molar-refractivity contribution >= 4 is 5.82 Å². The summed E-state index contributed by atoms with van der Waals surface area (Å²) < 4.78 is 5.91. The van der Waals surface area contributed by atoms with Crippen molar-refractivity contribution in [2.24, 2.45) is 0 Å². The van der Waals surface area contributed by atoms with Gasteiger partial charge in [0.2, 0.25) is 5.88 Å². The maximum Gasteiger partial charge on any atom is 0.218 e. The first-order valence-corrected chi connectivity index (χ1v) is 6.60. The van der Waals surface area contributed by atoms with E-state index < -0.39 is 0 Å². The second kappa shape index (κ2) is 5.84. The van der Waals surface area contributed by atoms with Crippen LogP contribution in [0.5, 0.6) is 5.88 Å². The highest BCUT2D eigenvalue weighted by molar-refractivity contribution is 5.38. The first-order chi connectivity index (χ1) is 8.31. The Morgan fingerprint density at radius 2 is 2.06 bits per heavy atom. The molecule has 17 heavy (non-hydrogen) atoms. The van der Waals surface area contributed by atoms with Gasteiger partial charge in [0.25, 0.3) is 0 Å². The molecule has 1 aromatic rings. The van der Waals surface area contributed by atoms with E-state index in [0.29, 0.717) is 6.10 Å². The molecule has 1 saturated carbocycles. The van der Waals surface area contributed by atoms with Gasteiger partial charge in [0.05, 0.1) is 0 Å². The molecule has 0 aromatic carbocycles. The fourth-order valence-electron chi connectivity index (χ4n) is 2.14. The Balaban J connectivity index is 2.10. The summed E-state index contributed by atoms with van der Waals surface area (Å²) in [7, 11) is 0. The third-order valence-electron chi connectivity index (χ3n) is 3.01. The van der Waals surface area contributed by atoms with Gasteiger partial charge < -0.3 is 10.1 Å². The van der Waals surface area contributed by atoms with Crippen LogP contribution >= 0.6 is 0 Å². The maximum atomic E-state index is 5.91. The quantitative estimate of drug-likeness (QED) is 0.852. The predicted octanol–water partition coefficient (Wildman–Crippen LogP) is 2.79. The van der Waals surface area contributed by atoms with Gasteiger partial charge in [-0.2, -0.15) is 4.98 Å². The molecule has 94 valence electrons. The van der Waals surface area contributed by atoms with E-state index in [1.54, 1.807) is 0 Å². The molecule has 1 aromatic heterocycles. The third-order valence-corrected chi connectivity index (χ3v) is 3.01. The maximum absolute atomic E-state index is 5.91. The van der Waals surface area contributed by atoms with Crippen molar-refractivity contribution in [2.75, 3.05) is 11.9 Å². The number of aryl methyl sites for hydroxylation is 1. The number of nitrogens with zero attached hydrogens (tertiary/aromatic N) is 2. The van der Waals surface area contributed by atoms with Gasteiger partial charge in [-0.1, -0.05) is 6.92 Å². The van der Waals surface area contributed by atoms with Crippen LogP contribution in [0.2, 0.25) is 0 Å². The minimum atomic E-state index is 0.351. The summed E-state index contributed by atoms with van der Waals surface area (Å²) in [5, 5.41) is 3.22. The lowest BCUT2D eigenvalue weighted by Gasteiger charge is -2.13. The van der Waals surface area contributed by atoms with Crippen LogP contribution < -0.4 is 10.1 Å². The number of anilines is 1. The van der Waals surface area contributed by atoms with Gasteiger partial charge in [-0.25, -0.2) is 4.98 Å². The Kier molecular flexibility index (Phi) is 4.18. The van der Waals surface area contributed by atoms with Gasteiger partial charge in [0.1, 0.15) is 17.7 Å². The Bertz CT molecular complexity index is 362. The van der Waals surface area contributed by atoms with Crippen molar-refractivity contribution in [2.45, 2.75) is 52.1 Å². The molecule has 0 aliphatic heterocycles. The van der Waals surface area contributed by atoms with Crippen molar-refractivity contribution in [3.8, 4) is 5.88 Å². The van der Waals surface area contributed by atoms with Crippen molar-refractivity contribution in [1.29, 1.82) is 0 Å². The Hall–Kier alpha value is -1.32. The van der Waals surface area contributed by atoms with Gasteiger partial charge >= 0.3 is 0 Å². The number of rotatable bonds is 5. The van der Waals surface area contributed by atoms with Crippen LogP contribution in [0, 0.1) is 0 Å². The Morgan fingerprint density at radius 3 is 2.71 bits per heavy atom. The third kappa shape index (κ3) is 3.32. The molecule has 4 nitrogen and oxygen atoms in total. The van der Waals surface area contributed by atoms with Gasteiger partial charge in [-0.05, 0) is 32.6 Å². The molecule has 4 heteroatoms. The molecular formula is C13H21N3O. The number of aromatic nitrogens is 2. The molecule has 0 atom stereocenters. The smallest absolute Gasteiger partial charge is 0.218 e. The van der Waals surface area contributed by atoms with Crippen LogP contribution in [-0.4, -0.2) is 22.6 Å². The molecule has 1 aliphatic rings. The van der Waals surface area contributed by atoms with Crippen LogP contribution in [0.25, 0.3) is 0 Å². The van der Waals surface area contributed by atoms with E-state index in [4.69, 9.17) is 4.74 Å². The van der Waals surface area contributed by atoms with Crippen molar-refractivity contribution in [1.82, 2.24) is 9.97 Å². The molecule has 0 bridgehead atoms. The average Bonchev–Trinajstić information content (AvgIpc) is 2.82. The van der Waals surface area contributed by atoms with Gasteiger partial charge in [0.15, 0.2) is 0 Å². The summed E-state index contributed by atoms with van der Waals surface area (Å²) in [6.45, 7) is 4.98. The van der Waals surface area contributed by atoms with E-state index in [1.807, 2.05) is 6.07 Å². The largest absolute Gasteiger partial charge is 0.474 e. The molecule has 1 N–H and O–H groups in total. The first-order valence-electron chi connectivity index (χ1n) is 6.60. The zero-order valence-electron chi connectivity index (χ0n) is 10.7. The predicted molar refractivity (Wildman–Crippen MR) is 68.5 cm³/mol. The van der Waals surface area contributed by atoms with Crippen LogP contribution in [0.4, 0.5) is 5.82 Å². The number of hydrogen-bond donors (Lipinski definition) is 1. The second-order valence-electron chi connectivity index (χ2n) is 4.42. The summed E-state index contributed by atoms with van der Waals surface area (Å²) in [5.74, 6) is 2.43. The molecule has 0 saturated heterocycles. The lowest BCUT2D eigenvalue weighted by atomic mass is 10.3. The monoisotopic (exact) mass is 235 g/mol. The van der Waals surface area contributed by atoms with Gasteiger partial charge in [-0.3, -0.25) is 0 Å². The van der Waals surface area contributed by atoms with Crippen molar-refractivity contribution < 1.29 is 4.74 Å². The summed E-state index contributed by atoms with van der Waals surface area (Å²) in [6.07, 6.45) is 6.04. The minimum Gasteiger partial charge on any atom is -0.474 e. The second-order valence-corrected chi connectivity index (χ2v) is 4.42. The Labute approximate surface area is 103 Å². The number of nitrogens with one attached hydrogen (secondary N) is 1. The lowest BCUT2D eigenvalue weighted by molar-refractivity contribution is 0.200. The molecule has 0 spiro atoms. The summed E-state index contributed by atoms with van der Waals surface area (Å²) in [5.41, 5.74) is 0. The fourth-order valence-corrected chi connectivity index (χ4v) is 2.14. The molecule has 1 heterocycles. The van der Waals surface area contributed by atoms with Gasteiger partial charge in [-0.15, -0.1) is 0 Å². The molecule has 1 aliphatic carbocycles. The zero-order chi connectivity index (χ0) is 12.1. The Morgan fingerprint density at radius 1 is 1.29 bits per heavy atom. The lowest BCUT2D eigenvalue weighted by Crippen LogP contribution is -2.13. The first kappa shape index (κ1) is 12.1. The van der Waals surface area contributed by atoms with Crippen LogP contribution in [0.1, 0.15) is 45.4 Å². The molecular weight excluding hydrogens is 214 g/mol. The standard InChI is InChI=1S/C13H21N3O/c1-3-11-15-12(14-4-2)9-13(16-11)17-10-7-5-6-8-10/h9-10H,3-8H2,1-2H3,(H,14,15,16). The van der Waals surface area contributed by atoms with E-state index in [9.17, 15) is 0 Å². The van der Waals surface area contributed by atoms with Crippen LogP contribution in [-0.2, 0) is 6.42 Å². The SMILES string of the molecule is CCNc1cc(OC2CCCC2)nc(CC)n1. The highest BCUT2D eigenvalue weighted by atomic mass is 16.5. The summed E-state index contributed by atoms with van der Waals surface area (Å²) >= 11 is 0. The molecule has 0 radical (unpaired) electrons. The van der Waals surface area contributed by atoms with E-state index in [-0.39, 0.29) is 0 Å². The van der Waals surface area contributed by atoms with E-state index in [0.717, 1.165) is 43.3 Å². The van der Waals surface area contributed by atoms with Crippen LogP contribution in [0.15, 0.2) is 6.07 Å². The van der Waals surface area contributed by atoms with E-state index in [2.05, 4.69) is 29.1 Å². The molecule has 1 fully saturated rings. The average molecular weight is 235 g/mol. The van der Waals surface area contributed by atoms with Crippen LogP contribution in [0.3, 0.4) is 0 Å². The zero-order valence-corrected chi connectivity index (χ0v) is 10.7. The highest BCUT2D eigenvalue weighted by Crippen LogP contribution is 2.24. The number of ether oxygens (including phenoxy) is 1. The minimum absolute atomic E-state index is 0.351. The van der Waals surface area contributed by atoms with Crippen molar-refractivity contribution in [3.05, 3.63) is 11.9 Å². The summed E-state index contributed by atoms with van der Waals surface area (Å²) in [6, 6.07) is 1.90. The summed E-state index contributed by atoms with van der Waals surface area (Å²) in [4.78, 5) is 8.84. The fraction of sp³-hybridized carbons (Fsp3) is 0.692.